The van der Waals surface area contributed by atoms with Crippen molar-refractivity contribution in [1.29, 1.82) is 0 Å². The van der Waals surface area contributed by atoms with Gasteiger partial charge in [-0.2, -0.15) is 0 Å². The third kappa shape index (κ3) is 4.85. The summed E-state index contributed by atoms with van der Waals surface area (Å²) in [5.74, 6) is 0.808. The van der Waals surface area contributed by atoms with Crippen LogP contribution in [0, 0.1) is 0 Å². The molecule has 1 saturated heterocycles. The van der Waals surface area contributed by atoms with Gasteiger partial charge in [-0.15, -0.1) is 0 Å². The average molecular weight is 482 g/mol. The highest BCUT2D eigenvalue weighted by Crippen LogP contribution is 2.36. The number of ether oxygens (including phenoxy) is 1. The van der Waals surface area contributed by atoms with Crippen molar-refractivity contribution in [2.75, 3.05) is 0 Å². The molecule has 1 amide bonds. The summed E-state index contributed by atoms with van der Waals surface area (Å²) in [5, 5.41) is 0. The number of carbonyl (C=O) groups excluding carboxylic acids is 1. The van der Waals surface area contributed by atoms with Gasteiger partial charge in [0.05, 0.1) is 11.7 Å². The Morgan fingerprint density at radius 3 is 2.23 bits per heavy atom. The topological polar surface area (TPSA) is 58.2 Å². The van der Waals surface area contributed by atoms with Crippen molar-refractivity contribution in [3.05, 3.63) is 65.0 Å². The molecule has 1 N–H and O–H groups in total. The van der Waals surface area contributed by atoms with Crippen molar-refractivity contribution in [2.24, 2.45) is 0 Å². The lowest BCUT2D eigenvalue weighted by Gasteiger charge is -2.30. The highest BCUT2D eigenvalue weighted by molar-refractivity contribution is 9.10. The van der Waals surface area contributed by atoms with Crippen molar-refractivity contribution in [3.8, 4) is 22.4 Å². The predicted octanol–water partition coefficient (Wildman–Crippen LogP) is 6.97. The number of H-pyrrole nitrogens is 1. The summed E-state index contributed by atoms with van der Waals surface area (Å²) in [4.78, 5) is 22.7. The number of halogens is 1. The van der Waals surface area contributed by atoms with E-state index in [-0.39, 0.29) is 18.2 Å². The van der Waals surface area contributed by atoms with Crippen molar-refractivity contribution in [2.45, 2.75) is 58.2 Å². The number of nitrogens with zero attached hydrogens (tertiary/aromatic N) is 2. The fraction of sp³-hybridized carbons (Fsp3) is 0.360. The highest BCUT2D eigenvalue weighted by atomic mass is 79.9. The van der Waals surface area contributed by atoms with Crippen LogP contribution in [0.25, 0.3) is 22.4 Å². The number of aromatic amines is 1. The van der Waals surface area contributed by atoms with Crippen molar-refractivity contribution < 1.29 is 9.53 Å². The van der Waals surface area contributed by atoms with Gasteiger partial charge in [-0.05, 0) is 63.8 Å². The number of aromatic nitrogens is 2. The van der Waals surface area contributed by atoms with E-state index >= 15 is 0 Å². The molecule has 0 aliphatic carbocycles. The predicted molar refractivity (Wildman–Crippen MR) is 127 cm³/mol. The van der Waals surface area contributed by atoms with Crippen molar-refractivity contribution in [3.63, 3.8) is 0 Å². The van der Waals surface area contributed by atoms with Gasteiger partial charge in [0.1, 0.15) is 11.4 Å². The summed E-state index contributed by atoms with van der Waals surface area (Å²) >= 11 is 3.48. The summed E-state index contributed by atoms with van der Waals surface area (Å²) in [6.07, 6.45) is 3.44. The van der Waals surface area contributed by atoms with Crippen LogP contribution in [0.5, 0.6) is 0 Å². The Bertz CT molecular complexity index is 1050. The van der Waals surface area contributed by atoms with E-state index < -0.39 is 5.60 Å². The lowest BCUT2D eigenvalue weighted by atomic mass is 10.0. The Hall–Kier alpha value is -2.60. The number of likely N-dealkylation sites (tertiary alicyclic amines) is 1. The van der Waals surface area contributed by atoms with Crippen LogP contribution in [0.3, 0.4) is 0 Å². The SMILES string of the molecule is C[C@H]1CC[C@@H](c2nc(-c3ccc(-c4ccc(Br)cc4)cc3)c[nH]2)N1C(=O)OC(C)(C)C. The maximum Gasteiger partial charge on any atom is 0.411 e. The van der Waals surface area contributed by atoms with Gasteiger partial charge in [-0.25, -0.2) is 9.78 Å². The Morgan fingerprint density at radius 2 is 1.61 bits per heavy atom. The highest BCUT2D eigenvalue weighted by Gasteiger charge is 2.39. The van der Waals surface area contributed by atoms with Gasteiger partial charge in [-0.3, -0.25) is 4.90 Å². The molecule has 0 saturated carbocycles. The fourth-order valence-electron chi connectivity index (χ4n) is 4.01. The summed E-state index contributed by atoms with van der Waals surface area (Å²) < 4.78 is 6.71. The Morgan fingerprint density at radius 1 is 1.03 bits per heavy atom. The quantitative estimate of drug-likeness (QED) is 0.439. The third-order valence-electron chi connectivity index (χ3n) is 5.54. The lowest BCUT2D eigenvalue weighted by molar-refractivity contribution is 0.0152. The molecule has 1 aliphatic rings. The zero-order valence-electron chi connectivity index (χ0n) is 18.4. The van der Waals surface area contributed by atoms with E-state index in [1.165, 1.54) is 5.56 Å². The lowest BCUT2D eigenvalue weighted by Crippen LogP contribution is -2.40. The molecule has 2 heterocycles. The molecule has 2 aromatic carbocycles. The van der Waals surface area contributed by atoms with Crippen LogP contribution in [0.1, 0.15) is 52.4 Å². The summed E-state index contributed by atoms with van der Waals surface area (Å²) in [7, 11) is 0. The minimum absolute atomic E-state index is 0.0966. The van der Waals surface area contributed by atoms with E-state index in [4.69, 9.17) is 9.72 Å². The maximum atomic E-state index is 12.8. The molecule has 162 valence electrons. The number of rotatable bonds is 3. The van der Waals surface area contributed by atoms with E-state index in [0.29, 0.717) is 0 Å². The molecular formula is C25H28BrN3O2. The first-order chi connectivity index (χ1) is 14.7. The van der Waals surface area contributed by atoms with E-state index in [0.717, 1.165) is 40.0 Å². The molecule has 4 rings (SSSR count). The molecule has 3 aromatic rings. The zero-order valence-corrected chi connectivity index (χ0v) is 19.9. The minimum Gasteiger partial charge on any atom is -0.444 e. The molecular weight excluding hydrogens is 454 g/mol. The van der Waals surface area contributed by atoms with Crippen LogP contribution in [-0.2, 0) is 4.74 Å². The second-order valence-electron chi connectivity index (χ2n) is 9.08. The van der Waals surface area contributed by atoms with Crippen LogP contribution >= 0.6 is 15.9 Å². The third-order valence-corrected chi connectivity index (χ3v) is 6.07. The van der Waals surface area contributed by atoms with E-state index in [2.05, 4.69) is 64.2 Å². The molecule has 0 spiro atoms. The molecule has 31 heavy (non-hydrogen) atoms. The van der Waals surface area contributed by atoms with E-state index in [9.17, 15) is 4.79 Å². The van der Waals surface area contributed by atoms with Gasteiger partial charge in [0, 0.05) is 22.3 Å². The zero-order chi connectivity index (χ0) is 22.2. The monoisotopic (exact) mass is 481 g/mol. The fourth-order valence-corrected chi connectivity index (χ4v) is 4.27. The van der Waals surface area contributed by atoms with E-state index in [1.54, 1.807) is 0 Å². The first-order valence-electron chi connectivity index (χ1n) is 10.6. The van der Waals surface area contributed by atoms with Crippen molar-refractivity contribution >= 4 is 22.0 Å². The summed E-state index contributed by atoms with van der Waals surface area (Å²) in [5.41, 5.74) is 3.73. The Labute approximate surface area is 192 Å². The molecule has 5 nitrogen and oxygen atoms in total. The van der Waals surface area contributed by atoms with Crippen LogP contribution in [0.2, 0.25) is 0 Å². The van der Waals surface area contributed by atoms with Gasteiger partial charge in [0.2, 0.25) is 0 Å². The van der Waals surface area contributed by atoms with E-state index in [1.807, 2.05) is 44.0 Å². The van der Waals surface area contributed by atoms with Gasteiger partial charge in [-0.1, -0.05) is 52.3 Å². The Balaban J connectivity index is 1.53. The second kappa shape index (κ2) is 8.50. The molecule has 1 fully saturated rings. The molecule has 6 heteroatoms. The average Bonchev–Trinajstić information content (AvgIpc) is 3.34. The van der Waals surface area contributed by atoms with Crippen LogP contribution in [0.4, 0.5) is 4.79 Å². The number of imidazole rings is 1. The Kier molecular flexibility index (Phi) is 5.93. The first kappa shape index (κ1) is 21.6. The maximum absolute atomic E-state index is 12.8. The van der Waals surface area contributed by atoms with Crippen molar-refractivity contribution in [1.82, 2.24) is 14.9 Å². The number of hydrogen-bond donors (Lipinski definition) is 1. The standard InChI is InChI=1S/C25H28BrN3O2/c1-16-5-14-22(29(16)24(30)31-25(2,3)4)23-27-15-21(28-23)19-8-6-17(7-9-19)18-10-12-20(26)13-11-18/h6-13,15-16,22H,5,14H2,1-4H3,(H,27,28)/t16-,22-/m0/s1. The number of nitrogens with one attached hydrogen (secondary N) is 1. The molecule has 1 aromatic heterocycles. The first-order valence-corrected chi connectivity index (χ1v) is 11.4. The largest absolute Gasteiger partial charge is 0.444 e. The molecule has 0 radical (unpaired) electrons. The summed E-state index contributed by atoms with van der Waals surface area (Å²) in [6.45, 7) is 7.74. The van der Waals surface area contributed by atoms with Gasteiger partial charge >= 0.3 is 6.09 Å². The smallest absolute Gasteiger partial charge is 0.411 e. The normalized spacial score (nSPS) is 18.9. The van der Waals surface area contributed by atoms with Gasteiger partial charge in [0.25, 0.3) is 0 Å². The second-order valence-corrected chi connectivity index (χ2v) is 10.0. The molecule has 0 bridgehead atoms. The number of carbonyl (C=O) groups is 1. The van der Waals surface area contributed by atoms with Gasteiger partial charge < -0.3 is 9.72 Å². The summed E-state index contributed by atoms with van der Waals surface area (Å²) in [6, 6.07) is 16.7. The number of hydrogen-bond acceptors (Lipinski definition) is 3. The molecule has 2 atom stereocenters. The number of amides is 1. The number of benzene rings is 2. The molecule has 1 aliphatic heterocycles. The van der Waals surface area contributed by atoms with Crippen LogP contribution < -0.4 is 0 Å². The minimum atomic E-state index is -0.519. The van der Waals surface area contributed by atoms with Gasteiger partial charge in [0.15, 0.2) is 0 Å². The van der Waals surface area contributed by atoms with Crippen LogP contribution in [-0.4, -0.2) is 32.6 Å². The van der Waals surface area contributed by atoms with Crippen LogP contribution in [0.15, 0.2) is 59.2 Å². The molecule has 0 unspecified atom stereocenters.